The molecule has 22 heavy (non-hydrogen) atoms. The highest BCUT2D eigenvalue weighted by molar-refractivity contribution is 7.88. The molecule has 0 heterocycles. The van der Waals surface area contributed by atoms with Gasteiger partial charge in [0.1, 0.15) is 0 Å². The Kier molecular flexibility index (Phi) is 6.25. The van der Waals surface area contributed by atoms with Gasteiger partial charge in [0.05, 0.1) is 6.26 Å². The number of carbonyl (C=O) groups is 2. The number of sulfonamides is 1. The Morgan fingerprint density at radius 3 is 2.41 bits per heavy atom. The summed E-state index contributed by atoms with van der Waals surface area (Å²) in [6, 6.07) is 6.42. The van der Waals surface area contributed by atoms with Crippen molar-refractivity contribution in [2.45, 2.75) is 33.2 Å². The molecule has 122 valence electrons. The zero-order chi connectivity index (χ0) is 16.9. The van der Waals surface area contributed by atoms with Gasteiger partial charge < -0.3 is 5.32 Å². The predicted molar refractivity (Wildman–Crippen MR) is 86.4 cm³/mol. The molecule has 1 aromatic carbocycles. The van der Waals surface area contributed by atoms with E-state index in [1.807, 2.05) is 0 Å². The van der Waals surface area contributed by atoms with Crippen LogP contribution in [0, 0.1) is 0 Å². The minimum Gasteiger partial charge on any atom is -0.326 e. The maximum Gasteiger partial charge on any atom is 0.225 e. The van der Waals surface area contributed by atoms with E-state index in [0.29, 0.717) is 11.3 Å². The van der Waals surface area contributed by atoms with Gasteiger partial charge in [0.2, 0.25) is 15.9 Å². The molecule has 0 saturated heterocycles. The molecule has 0 spiro atoms. The van der Waals surface area contributed by atoms with Crippen LogP contribution in [0.15, 0.2) is 24.3 Å². The minimum absolute atomic E-state index is 0.0511. The number of nitrogens with zero attached hydrogens (tertiary/aromatic N) is 1. The molecule has 0 saturated carbocycles. The highest BCUT2D eigenvalue weighted by atomic mass is 32.2. The molecule has 0 aliphatic rings. The fraction of sp³-hybridized carbons (Fsp3) is 0.467. The zero-order valence-corrected chi connectivity index (χ0v) is 14.1. The van der Waals surface area contributed by atoms with Crippen LogP contribution in [0.25, 0.3) is 0 Å². The van der Waals surface area contributed by atoms with Crippen LogP contribution in [0.4, 0.5) is 5.69 Å². The Morgan fingerprint density at radius 1 is 1.27 bits per heavy atom. The Morgan fingerprint density at radius 2 is 1.91 bits per heavy atom. The molecule has 1 amide bonds. The third-order valence-electron chi connectivity index (χ3n) is 3.11. The number of carbonyl (C=O) groups excluding carboxylic acids is 2. The van der Waals surface area contributed by atoms with E-state index in [9.17, 15) is 18.0 Å². The molecule has 0 fully saturated rings. The number of hydrogen-bond acceptors (Lipinski definition) is 4. The second kappa shape index (κ2) is 7.51. The summed E-state index contributed by atoms with van der Waals surface area (Å²) in [6.45, 7) is 5.09. The third kappa shape index (κ3) is 5.57. The van der Waals surface area contributed by atoms with Crippen molar-refractivity contribution in [3.63, 3.8) is 0 Å². The first-order valence-corrected chi connectivity index (χ1v) is 8.83. The molecule has 6 nitrogen and oxygen atoms in total. The first kappa shape index (κ1) is 18.3. The molecule has 0 atom stereocenters. The van der Waals surface area contributed by atoms with E-state index in [-0.39, 0.29) is 30.7 Å². The lowest BCUT2D eigenvalue weighted by molar-refractivity contribution is -0.116. The summed E-state index contributed by atoms with van der Waals surface area (Å²) in [7, 11) is -3.34. The molecule has 1 aromatic rings. The Bertz CT molecular complexity index is 653. The smallest absolute Gasteiger partial charge is 0.225 e. The number of anilines is 1. The third-order valence-corrected chi connectivity index (χ3v) is 4.57. The van der Waals surface area contributed by atoms with Gasteiger partial charge in [0.25, 0.3) is 0 Å². The Balaban J connectivity index is 2.67. The van der Waals surface area contributed by atoms with Gasteiger partial charge in [-0.05, 0) is 32.9 Å². The normalized spacial score (nSPS) is 11.7. The molecule has 1 rings (SSSR count). The van der Waals surface area contributed by atoms with E-state index in [0.717, 1.165) is 6.26 Å². The molecular formula is C15H22N2O4S. The predicted octanol–water partition coefficient (Wildman–Crippen LogP) is 1.89. The SMILES string of the molecule is CC(=O)c1cccc(NC(=O)CCN(C(C)C)S(C)(=O)=O)c1. The number of ketones is 1. The van der Waals surface area contributed by atoms with Crippen LogP contribution in [0.2, 0.25) is 0 Å². The second-order valence-corrected chi connectivity index (χ2v) is 7.34. The van der Waals surface area contributed by atoms with Crippen LogP contribution < -0.4 is 5.32 Å². The largest absolute Gasteiger partial charge is 0.326 e. The van der Waals surface area contributed by atoms with Crippen molar-refractivity contribution in [3.05, 3.63) is 29.8 Å². The Hall–Kier alpha value is -1.73. The van der Waals surface area contributed by atoms with Gasteiger partial charge in [-0.3, -0.25) is 9.59 Å². The van der Waals surface area contributed by atoms with Gasteiger partial charge in [-0.15, -0.1) is 0 Å². The van der Waals surface area contributed by atoms with E-state index in [2.05, 4.69) is 5.32 Å². The number of benzene rings is 1. The second-order valence-electron chi connectivity index (χ2n) is 5.40. The molecule has 7 heteroatoms. The van der Waals surface area contributed by atoms with Crippen LogP contribution in [-0.4, -0.2) is 43.3 Å². The van der Waals surface area contributed by atoms with E-state index in [1.54, 1.807) is 38.1 Å². The van der Waals surface area contributed by atoms with Crippen LogP contribution in [0.1, 0.15) is 37.6 Å². The van der Waals surface area contributed by atoms with Gasteiger partial charge in [0.15, 0.2) is 5.78 Å². The molecule has 0 aliphatic carbocycles. The highest BCUT2D eigenvalue weighted by Gasteiger charge is 2.20. The van der Waals surface area contributed by atoms with Crippen molar-refractivity contribution in [2.75, 3.05) is 18.1 Å². The van der Waals surface area contributed by atoms with Crippen LogP contribution in [0.3, 0.4) is 0 Å². The maximum absolute atomic E-state index is 11.9. The summed E-state index contributed by atoms with van der Waals surface area (Å²) in [5.41, 5.74) is 1.03. The summed E-state index contributed by atoms with van der Waals surface area (Å²) < 4.78 is 24.5. The van der Waals surface area contributed by atoms with Crippen molar-refractivity contribution >= 4 is 27.4 Å². The Labute approximate surface area is 131 Å². The minimum atomic E-state index is -3.34. The monoisotopic (exact) mass is 326 g/mol. The zero-order valence-electron chi connectivity index (χ0n) is 13.3. The van der Waals surface area contributed by atoms with Crippen LogP contribution >= 0.6 is 0 Å². The molecule has 0 radical (unpaired) electrons. The fourth-order valence-electron chi connectivity index (χ4n) is 2.06. The number of rotatable bonds is 7. The van der Waals surface area contributed by atoms with E-state index in [1.165, 1.54) is 11.2 Å². The maximum atomic E-state index is 11.9. The van der Waals surface area contributed by atoms with Crippen molar-refractivity contribution < 1.29 is 18.0 Å². The van der Waals surface area contributed by atoms with Crippen LogP contribution in [0.5, 0.6) is 0 Å². The number of Topliss-reactive ketones (excluding diaryl/α,β-unsaturated/α-hetero) is 1. The van der Waals surface area contributed by atoms with Crippen molar-refractivity contribution in [1.82, 2.24) is 4.31 Å². The van der Waals surface area contributed by atoms with E-state index >= 15 is 0 Å². The highest BCUT2D eigenvalue weighted by Crippen LogP contribution is 2.12. The standard InChI is InChI=1S/C15H22N2O4S/c1-11(2)17(22(4,20)21)9-8-15(19)16-14-7-5-6-13(10-14)12(3)18/h5-7,10-11H,8-9H2,1-4H3,(H,16,19). The molecule has 0 aliphatic heterocycles. The summed E-state index contributed by atoms with van der Waals surface area (Å²) in [5, 5.41) is 2.67. The average molecular weight is 326 g/mol. The first-order valence-electron chi connectivity index (χ1n) is 6.99. The summed E-state index contributed by atoms with van der Waals surface area (Å²) in [5.74, 6) is -0.380. The molecule has 0 aromatic heterocycles. The summed E-state index contributed by atoms with van der Waals surface area (Å²) >= 11 is 0. The lowest BCUT2D eigenvalue weighted by Crippen LogP contribution is -2.38. The fourth-order valence-corrected chi connectivity index (χ4v) is 3.25. The first-order chi connectivity index (χ1) is 10.1. The topological polar surface area (TPSA) is 83.6 Å². The number of hydrogen-bond donors (Lipinski definition) is 1. The van der Waals surface area contributed by atoms with E-state index in [4.69, 9.17) is 0 Å². The quantitative estimate of drug-likeness (QED) is 0.776. The lowest BCUT2D eigenvalue weighted by Gasteiger charge is -2.23. The average Bonchev–Trinajstić information content (AvgIpc) is 2.36. The molecule has 0 bridgehead atoms. The molecular weight excluding hydrogens is 304 g/mol. The summed E-state index contributed by atoms with van der Waals surface area (Å²) in [4.78, 5) is 23.2. The van der Waals surface area contributed by atoms with Gasteiger partial charge in [-0.25, -0.2) is 8.42 Å². The molecule has 1 N–H and O–H groups in total. The number of amides is 1. The van der Waals surface area contributed by atoms with E-state index < -0.39 is 10.0 Å². The van der Waals surface area contributed by atoms with Crippen molar-refractivity contribution in [1.29, 1.82) is 0 Å². The molecule has 0 unspecified atom stereocenters. The van der Waals surface area contributed by atoms with Gasteiger partial charge >= 0.3 is 0 Å². The summed E-state index contributed by atoms with van der Waals surface area (Å²) in [6.07, 6.45) is 1.18. The van der Waals surface area contributed by atoms with Crippen molar-refractivity contribution in [3.8, 4) is 0 Å². The van der Waals surface area contributed by atoms with Gasteiger partial charge in [0, 0.05) is 30.3 Å². The number of nitrogens with one attached hydrogen (secondary N) is 1. The van der Waals surface area contributed by atoms with Gasteiger partial charge in [-0.1, -0.05) is 12.1 Å². The lowest BCUT2D eigenvalue weighted by atomic mass is 10.1. The van der Waals surface area contributed by atoms with Gasteiger partial charge in [-0.2, -0.15) is 4.31 Å². The van der Waals surface area contributed by atoms with Crippen LogP contribution in [-0.2, 0) is 14.8 Å². The van der Waals surface area contributed by atoms with Crippen molar-refractivity contribution in [2.24, 2.45) is 0 Å².